The van der Waals surface area contributed by atoms with Crippen LogP contribution < -0.4 is 5.32 Å². The second kappa shape index (κ2) is 5.37. The highest BCUT2D eigenvalue weighted by atomic mass is 15.1. The maximum Gasteiger partial charge on any atom is 0.156 e. The van der Waals surface area contributed by atoms with Crippen LogP contribution in [-0.2, 0) is 6.42 Å². The second-order valence-electron chi connectivity index (χ2n) is 5.78. The first-order valence-electron chi connectivity index (χ1n) is 7.75. The first kappa shape index (κ1) is 13.2. The molecular weight excluding hydrogens is 272 g/mol. The molecule has 0 radical (unpaired) electrons. The number of hydrogen-bond acceptors (Lipinski definition) is 4. The average molecular weight is 290 g/mol. The van der Waals surface area contributed by atoms with Crippen molar-refractivity contribution in [2.45, 2.75) is 32.2 Å². The SMILES string of the molecule is Cc1nc(N[C@H]2CCCc3ccccc32)c2ncccc2n1. The molecule has 110 valence electrons. The topological polar surface area (TPSA) is 50.7 Å². The molecule has 2 aromatic heterocycles. The molecular formula is C18H18N4. The Bertz CT molecular complexity index is 828. The summed E-state index contributed by atoms with van der Waals surface area (Å²) in [6, 6.07) is 12.9. The minimum absolute atomic E-state index is 0.296. The van der Waals surface area contributed by atoms with Crippen molar-refractivity contribution < 1.29 is 0 Å². The van der Waals surface area contributed by atoms with Gasteiger partial charge in [-0.05, 0) is 49.4 Å². The van der Waals surface area contributed by atoms with E-state index in [0.717, 1.165) is 35.5 Å². The molecule has 22 heavy (non-hydrogen) atoms. The standard InChI is InChI=1S/C18H18N4/c1-12-20-16-10-5-11-19-17(16)18(21-12)22-15-9-4-7-13-6-2-3-8-14(13)15/h2-3,5-6,8,10-11,15H,4,7,9H2,1H3,(H,20,21,22)/t15-/m0/s1. The van der Waals surface area contributed by atoms with Gasteiger partial charge in [-0.1, -0.05) is 24.3 Å². The number of aryl methyl sites for hydroxylation is 2. The Hall–Kier alpha value is -2.49. The van der Waals surface area contributed by atoms with Crippen LogP contribution in [-0.4, -0.2) is 15.0 Å². The van der Waals surface area contributed by atoms with E-state index < -0.39 is 0 Å². The molecule has 0 bridgehead atoms. The molecule has 4 heteroatoms. The van der Waals surface area contributed by atoms with Gasteiger partial charge in [0.05, 0.1) is 11.6 Å². The summed E-state index contributed by atoms with van der Waals surface area (Å²) < 4.78 is 0. The van der Waals surface area contributed by atoms with Crippen molar-refractivity contribution in [3.05, 3.63) is 59.5 Å². The van der Waals surface area contributed by atoms with Crippen LogP contribution in [0.4, 0.5) is 5.82 Å². The highest BCUT2D eigenvalue weighted by molar-refractivity contribution is 5.85. The van der Waals surface area contributed by atoms with E-state index in [1.54, 1.807) is 6.20 Å². The third-order valence-electron chi connectivity index (χ3n) is 4.25. The van der Waals surface area contributed by atoms with E-state index in [0.29, 0.717) is 6.04 Å². The Balaban J connectivity index is 1.76. The van der Waals surface area contributed by atoms with Gasteiger partial charge in [-0.25, -0.2) is 9.97 Å². The summed E-state index contributed by atoms with van der Waals surface area (Å²) in [5, 5.41) is 3.61. The number of nitrogens with zero attached hydrogens (tertiary/aromatic N) is 3. The molecule has 0 aliphatic heterocycles. The quantitative estimate of drug-likeness (QED) is 0.779. The van der Waals surface area contributed by atoms with Crippen LogP contribution in [0.3, 0.4) is 0 Å². The van der Waals surface area contributed by atoms with Crippen LogP contribution in [0.2, 0.25) is 0 Å². The summed E-state index contributed by atoms with van der Waals surface area (Å²) in [6.45, 7) is 1.92. The number of rotatable bonds is 2. The zero-order valence-corrected chi connectivity index (χ0v) is 12.6. The normalized spacial score (nSPS) is 17.2. The van der Waals surface area contributed by atoms with Crippen LogP contribution >= 0.6 is 0 Å². The molecule has 3 aromatic rings. The lowest BCUT2D eigenvalue weighted by atomic mass is 9.88. The van der Waals surface area contributed by atoms with Crippen molar-refractivity contribution in [3.8, 4) is 0 Å². The van der Waals surface area contributed by atoms with Gasteiger partial charge >= 0.3 is 0 Å². The maximum atomic E-state index is 4.58. The van der Waals surface area contributed by atoms with Crippen molar-refractivity contribution in [1.29, 1.82) is 0 Å². The van der Waals surface area contributed by atoms with E-state index >= 15 is 0 Å². The van der Waals surface area contributed by atoms with Crippen molar-refractivity contribution in [3.63, 3.8) is 0 Å². The van der Waals surface area contributed by atoms with E-state index in [1.165, 1.54) is 17.5 Å². The Labute approximate surface area is 129 Å². The van der Waals surface area contributed by atoms with Crippen LogP contribution in [0.25, 0.3) is 11.0 Å². The third kappa shape index (κ3) is 2.30. The fourth-order valence-corrected chi connectivity index (χ4v) is 3.25. The maximum absolute atomic E-state index is 4.58. The van der Waals surface area contributed by atoms with Crippen molar-refractivity contribution in [2.75, 3.05) is 5.32 Å². The molecule has 0 amide bonds. The molecule has 0 saturated heterocycles. The fourth-order valence-electron chi connectivity index (χ4n) is 3.25. The lowest BCUT2D eigenvalue weighted by molar-refractivity contribution is 0.599. The van der Waals surface area contributed by atoms with Gasteiger partial charge in [0, 0.05) is 6.20 Å². The minimum Gasteiger partial charge on any atom is -0.361 e. The predicted octanol–water partition coefficient (Wildman–Crippen LogP) is 3.82. The molecule has 1 atom stereocenters. The van der Waals surface area contributed by atoms with Crippen LogP contribution in [0, 0.1) is 6.92 Å². The highest BCUT2D eigenvalue weighted by Gasteiger charge is 2.21. The summed E-state index contributed by atoms with van der Waals surface area (Å²) in [7, 11) is 0. The molecule has 0 unspecified atom stereocenters. The van der Waals surface area contributed by atoms with Gasteiger partial charge < -0.3 is 5.32 Å². The molecule has 4 nitrogen and oxygen atoms in total. The minimum atomic E-state index is 0.296. The van der Waals surface area contributed by atoms with Crippen molar-refractivity contribution in [1.82, 2.24) is 15.0 Å². The lowest BCUT2D eigenvalue weighted by Gasteiger charge is -2.27. The van der Waals surface area contributed by atoms with E-state index in [-0.39, 0.29) is 0 Å². The summed E-state index contributed by atoms with van der Waals surface area (Å²) in [6.07, 6.45) is 5.27. The zero-order chi connectivity index (χ0) is 14.9. The third-order valence-corrected chi connectivity index (χ3v) is 4.25. The number of fused-ring (bicyclic) bond motifs is 2. The van der Waals surface area contributed by atoms with E-state index in [4.69, 9.17) is 0 Å². The molecule has 1 aromatic carbocycles. The number of hydrogen-bond donors (Lipinski definition) is 1. The van der Waals surface area contributed by atoms with Gasteiger partial charge in [0.25, 0.3) is 0 Å². The van der Waals surface area contributed by atoms with E-state index in [2.05, 4.69) is 44.5 Å². The van der Waals surface area contributed by atoms with Crippen LogP contribution in [0.1, 0.15) is 35.8 Å². The molecule has 2 heterocycles. The summed E-state index contributed by atoms with van der Waals surface area (Å²) in [4.78, 5) is 13.5. The van der Waals surface area contributed by atoms with Gasteiger partial charge in [-0.2, -0.15) is 0 Å². The summed E-state index contributed by atoms with van der Waals surface area (Å²) >= 11 is 0. The number of anilines is 1. The van der Waals surface area contributed by atoms with Gasteiger partial charge in [0.15, 0.2) is 5.82 Å². The Morgan fingerprint density at radius 1 is 1.09 bits per heavy atom. The number of aromatic nitrogens is 3. The Morgan fingerprint density at radius 2 is 2.00 bits per heavy atom. The van der Waals surface area contributed by atoms with E-state index in [9.17, 15) is 0 Å². The van der Waals surface area contributed by atoms with Crippen LogP contribution in [0.5, 0.6) is 0 Å². The van der Waals surface area contributed by atoms with Gasteiger partial charge in [-0.15, -0.1) is 0 Å². The highest BCUT2D eigenvalue weighted by Crippen LogP contribution is 2.33. The second-order valence-corrected chi connectivity index (χ2v) is 5.78. The first-order valence-corrected chi connectivity index (χ1v) is 7.75. The smallest absolute Gasteiger partial charge is 0.156 e. The number of pyridine rings is 1. The fraction of sp³-hybridized carbons (Fsp3) is 0.278. The van der Waals surface area contributed by atoms with E-state index in [1.807, 2.05) is 19.1 Å². The summed E-state index contributed by atoms with van der Waals surface area (Å²) in [5.41, 5.74) is 4.56. The van der Waals surface area contributed by atoms with Crippen LogP contribution in [0.15, 0.2) is 42.6 Å². The Morgan fingerprint density at radius 3 is 2.95 bits per heavy atom. The molecule has 1 N–H and O–H groups in total. The van der Waals surface area contributed by atoms with Gasteiger partial charge in [-0.3, -0.25) is 4.98 Å². The van der Waals surface area contributed by atoms with Gasteiger partial charge in [0.1, 0.15) is 11.3 Å². The molecule has 0 spiro atoms. The average Bonchev–Trinajstić information content (AvgIpc) is 2.55. The molecule has 1 aliphatic carbocycles. The summed E-state index contributed by atoms with van der Waals surface area (Å²) in [5.74, 6) is 1.61. The predicted molar refractivity (Wildman–Crippen MR) is 87.8 cm³/mol. The van der Waals surface area contributed by atoms with Crippen molar-refractivity contribution >= 4 is 16.9 Å². The molecule has 1 aliphatic rings. The lowest BCUT2D eigenvalue weighted by Crippen LogP contribution is -2.18. The molecule has 0 saturated carbocycles. The largest absolute Gasteiger partial charge is 0.361 e. The number of nitrogens with one attached hydrogen (secondary N) is 1. The first-order chi connectivity index (χ1) is 10.8. The van der Waals surface area contributed by atoms with Crippen molar-refractivity contribution in [2.24, 2.45) is 0 Å². The number of benzene rings is 1. The monoisotopic (exact) mass is 290 g/mol. The Kier molecular flexibility index (Phi) is 3.22. The molecule has 4 rings (SSSR count). The zero-order valence-electron chi connectivity index (χ0n) is 12.6. The van der Waals surface area contributed by atoms with Gasteiger partial charge in [0.2, 0.25) is 0 Å². The molecule has 0 fully saturated rings.